The molecule has 5 N–H and O–H groups in total. The molecular formula is C58H50Br2N6O8Si. The van der Waals surface area contributed by atoms with Gasteiger partial charge >= 0.3 is 0 Å². The molecule has 378 valence electrons. The van der Waals surface area contributed by atoms with E-state index in [0.29, 0.717) is 45.6 Å². The van der Waals surface area contributed by atoms with Crippen molar-refractivity contribution in [3.8, 4) is 11.5 Å². The topological polar surface area (TPSA) is 182 Å². The summed E-state index contributed by atoms with van der Waals surface area (Å²) in [6.07, 6.45) is 9.03. The van der Waals surface area contributed by atoms with Gasteiger partial charge in [0.1, 0.15) is 11.5 Å². The Morgan fingerprint density at radius 2 is 1.01 bits per heavy atom. The molecule has 0 radical (unpaired) electrons. The van der Waals surface area contributed by atoms with Gasteiger partial charge in [-0.3, -0.25) is 29.8 Å². The number of nitrogens with one attached hydrogen (secondary N) is 4. The minimum Gasteiger partial charge on any atom is -0.497 e. The van der Waals surface area contributed by atoms with E-state index in [2.05, 4.69) is 114 Å². The number of hydrogen-bond donors (Lipinski definition) is 5. The Morgan fingerprint density at radius 1 is 0.573 bits per heavy atom. The Balaban J connectivity index is 0.000000147. The zero-order valence-corrected chi connectivity index (χ0v) is 46.1. The maximum atomic E-state index is 13.5. The molecule has 4 atom stereocenters. The van der Waals surface area contributed by atoms with E-state index < -0.39 is 26.2 Å². The van der Waals surface area contributed by atoms with Crippen LogP contribution in [-0.4, -0.2) is 82.6 Å². The number of imide groups is 2. The van der Waals surface area contributed by atoms with E-state index in [1.807, 2.05) is 72.8 Å². The van der Waals surface area contributed by atoms with Crippen LogP contribution in [0.3, 0.4) is 0 Å². The number of aromatic amines is 2. The molecule has 10 aromatic rings. The number of allylic oxidation sites excluding steroid dienone is 2. The number of H-pyrrole nitrogens is 2. The van der Waals surface area contributed by atoms with Gasteiger partial charge in [-0.25, -0.2) is 0 Å². The number of aromatic nitrogens is 4. The van der Waals surface area contributed by atoms with E-state index in [4.69, 9.17) is 13.9 Å². The number of fused-ring (bicyclic) bond motifs is 20. The fraction of sp³-hybridized carbons (Fsp3) is 0.241. The summed E-state index contributed by atoms with van der Waals surface area (Å²) >= 11 is 7.21. The molecule has 0 fully saturated rings. The molecule has 2 aliphatic heterocycles. The molecule has 0 saturated heterocycles. The van der Waals surface area contributed by atoms with Gasteiger partial charge in [0.15, 0.2) is 8.32 Å². The normalized spacial score (nSPS) is 19.5. The molecule has 14 nitrogen and oxygen atoms in total. The van der Waals surface area contributed by atoms with Crippen molar-refractivity contribution < 1.29 is 38.2 Å². The highest BCUT2D eigenvalue weighted by atomic mass is 79.9. The lowest BCUT2D eigenvalue weighted by molar-refractivity contribution is 0.0864. The van der Waals surface area contributed by atoms with E-state index >= 15 is 0 Å². The number of aliphatic hydroxyl groups excluding tert-OH is 1. The van der Waals surface area contributed by atoms with Crippen molar-refractivity contribution in [3.05, 3.63) is 128 Å². The summed E-state index contributed by atoms with van der Waals surface area (Å²) in [7, 11) is 1.24. The van der Waals surface area contributed by atoms with Crippen molar-refractivity contribution in [3.63, 3.8) is 0 Å². The number of rotatable bonds is 6. The second-order valence-corrected chi connectivity index (χ2v) is 28.1. The monoisotopic (exact) mass is 1140 g/mol. The van der Waals surface area contributed by atoms with Crippen LogP contribution in [0, 0.1) is 0 Å². The standard InChI is InChI=1S/C32H32BrN3O4Si.C26H18BrN3O4/c1-32(2,3)41(5,6)40-19-9-8-17(14-19)36-23-12-7-16(33)13-21(23)25-27-26(30(37)35-31(27)38)24-20-15-18(39-4)10-11-22(20)34-28(24)29(25)36;1-34-14-5-6-17-15(10-14)19-21-22(26(33)29-25(21)32)20-16-8-11(27)2-7-18(16)30(24(20)23(19)28-17)12-3-4-13(31)9-12/h7-13,15,17,19,34H,14H2,1-6H3,(H,35,37,38);2-8,10,12-13,28,31H,9H2,1H3,(H,29,32,33)/t17-,19+;12-,13+/m00/s1. The van der Waals surface area contributed by atoms with Crippen LogP contribution in [0.5, 0.6) is 11.5 Å². The van der Waals surface area contributed by atoms with Crippen molar-refractivity contribution in [1.29, 1.82) is 0 Å². The average Bonchev–Trinajstić information content (AvgIpc) is 4.41. The second-order valence-electron chi connectivity index (χ2n) is 21.5. The molecule has 0 spiro atoms. The lowest BCUT2D eigenvalue weighted by Crippen LogP contribution is -2.43. The molecule has 0 bridgehead atoms. The van der Waals surface area contributed by atoms with Gasteiger partial charge < -0.3 is 38.1 Å². The van der Waals surface area contributed by atoms with Crippen molar-refractivity contribution >= 4 is 151 Å². The van der Waals surface area contributed by atoms with Crippen LogP contribution in [-0.2, 0) is 4.43 Å². The molecule has 0 unspecified atom stereocenters. The summed E-state index contributed by atoms with van der Waals surface area (Å²) in [5.41, 5.74) is 8.64. The molecule has 2 aliphatic carbocycles. The second kappa shape index (κ2) is 16.7. The summed E-state index contributed by atoms with van der Waals surface area (Å²) in [6, 6.07) is 23.5. The lowest BCUT2D eigenvalue weighted by atomic mass is 9.96. The maximum Gasteiger partial charge on any atom is 0.259 e. The molecule has 4 aliphatic rings. The van der Waals surface area contributed by atoms with Gasteiger partial charge in [0.2, 0.25) is 0 Å². The van der Waals surface area contributed by atoms with E-state index in [-0.39, 0.29) is 35.0 Å². The predicted octanol–water partition coefficient (Wildman–Crippen LogP) is 12.9. The number of halogens is 2. The molecule has 6 heterocycles. The van der Waals surface area contributed by atoms with Crippen LogP contribution in [0.4, 0.5) is 0 Å². The Hall–Kier alpha value is -7.02. The molecule has 75 heavy (non-hydrogen) atoms. The number of nitrogens with zero attached hydrogens (tertiary/aromatic N) is 2. The minimum atomic E-state index is -1.98. The fourth-order valence-corrected chi connectivity index (χ4v) is 13.9. The number of benzene rings is 6. The molecule has 4 aromatic heterocycles. The van der Waals surface area contributed by atoms with Gasteiger partial charge in [-0.2, -0.15) is 0 Å². The van der Waals surface area contributed by atoms with E-state index in [9.17, 15) is 24.3 Å². The van der Waals surface area contributed by atoms with Gasteiger partial charge in [0, 0.05) is 86.9 Å². The van der Waals surface area contributed by atoms with Crippen LogP contribution in [0.15, 0.2) is 106 Å². The number of aliphatic hydroxyl groups is 1. The van der Waals surface area contributed by atoms with Crippen molar-refractivity contribution in [2.45, 2.75) is 76.0 Å². The Morgan fingerprint density at radius 3 is 1.44 bits per heavy atom. The first kappa shape index (κ1) is 47.7. The summed E-state index contributed by atoms with van der Waals surface area (Å²) in [6.45, 7) is 11.3. The Bertz CT molecular complexity index is 4320. The molecule has 14 rings (SSSR count). The third-order valence-electron chi connectivity index (χ3n) is 16.3. The van der Waals surface area contributed by atoms with Crippen molar-refractivity contribution in [1.82, 2.24) is 29.7 Å². The van der Waals surface area contributed by atoms with Gasteiger partial charge in [0.05, 0.1) is 82.8 Å². The van der Waals surface area contributed by atoms with Crippen molar-refractivity contribution in [2.24, 2.45) is 0 Å². The number of carbonyl (C=O) groups excluding carboxylic acids is 4. The summed E-state index contributed by atoms with van der Waals surface area (Å²) in [5, 5.41) is 21.9. The van der Waals surface area contributed by atoms with E-state index in [1.54, 1.807) is 20.3 Å². The zero-order chi connectivity index (χ0) is 52.3. The lowest BCUT2D eigenvalue weighted by Gasteiger charge is -2.38. The average molecular weight is 1150 g/mol. The molecule has 0 saturated carbocycles. The highest BCUT2D eigenvalue weighted by molar-refractivity contribution is 9.10. The smallest absolute Gasteiger partial charge is 0.259 e. The number of carbonyl (C=O) groups is 4. The Labute approximate surface area is 446 Å². The Kier molecular flexibility index (Phi) is 10.6. The van der Waals surface area contributed by atoms with Crippen LogP contribution in [0.1, 0.15) is 87.1 Å². The van der Waals surface area contributed by atoms with Gasteiger partial charge in [-0.05, 0) is 90.9 Å². The first-order valence-corrected chi connectivity index (χ1v) is 29.4. The quantitative estimate of drug-likeness (QED) is 0.0619. The molecule has 6 aromatic carbocycles. The third kappa shape index (κ3) is 7.00. The van der Waals surface area contributed by atoms with Crippen molar-refractivity contribution in [2.75, 3.05) is 14.2 Å². The van der Waals surface area contributed by atoms with E-state index in [1.165, 1.54) is 0 Å². The molecular weight excluding hydrogens is 1100 g/mol. The van der Waals surface area contributed by atoms with Gasteiger partial charge in [-0.15, -0.1) is 0 Å². The molecule has 17 heteroatoms. The highest BCUT2D eigenvalue weighted by Crippen LogP contribution is 2.50. The summed E-state index contributed by atoms with van der Waals surface area (Å²) in [5.74, 6) is -0.189. The number of methoxy groups -OCH3 is 2. The van der Waals surface area contributed by atoms with Crippen LogP contribution in [0.25, 0.3) is 87.2 Å². The number of ether oxygens (including phenoxy) is 2. The summed E-state index contributed by atoms with van der Waals surface area (Å²) in [4.78, 5) is 60.2. The van der Waals surface area contributed by atoms with Crippen LogP contribution >= 0.6 is 31.9 Å². The zero-order valence-electron chi connectivity index (χ0n) is 41.9. The fourth-order valence-electron chi connectivity index (χ4n) is 11.9. The van der Waals surface area contributed by atoms with Gasteiger partial charge in [-0.1, -0.05) is 76.9 Å². The first-order chi connectivity index (χ1) is 35.8. The predicted molar refractivity (Wildman–Crippen MR) is 303 cm³/mol. The minimum absolute atomic E-state index is 0.00519. The van der Waals surface area contributed by atoms with Gasteiger partial charge in [0.25, 0.3) is 23.6 Å². The summed E-state index contributed by atoms with van der Waals surface area (Å²) < 4.78 is 24.1. The highest BCUT2D eigenvalue weighted by Gasteiger charge is 2.42. The SMILES string of the molecule is COc1ccc2[nH]c3c(c4c(c5c6cc(Br)ccc6n([C@H]6C=C[C@@H](O)C6)c35)C(=O)NC4=O)c2c1.COc1ccc2[nH]c3c(c4c(c5c6cc(Br)ccc6n([C@H]6C=C[C@@H](O[Si](C)(C)C(C)(C)C)C6)c35)C(=O)NC4=O)c2c1. The number of amides is 4. The number of hydrogen-bond acceptors (Lipinski definition) is 8. The largest absolute Gasteiger partial charge is 0.497 e. The van der Waals surface area contributed by atoms with Crippen LogP contribution in [0.2, 0.25) is 18.1 Å². The third-order valence-corrected chi connectivity index (χ3v) is 21.7. The van der Waals surface area contributed by atoms with E-state index in [0.717, 1.165) is 97.2 Å². The maximum absolute atomic E-state index is 13.5. The van der Waals surface area contributed by atoms with Crippen LogP contribution < -0.4 is 20.1 Å². The molecule has 4 amide bonds. The first-order valence-electron chi connectivity index (χ1n) is 24.9.